The molecule has 2 saturated heterocycles. The number of aryl methyl sites for hydroxylation is 2. The number of morpholine rings is 1. The summed E-state index contributed by atoms with van der Waals surface area (Å²) in [5.74, 6) is 2.61. The number of rotatable bonds is 5. The molecule has 4 rings (SSSR count). The molecule has 37 heavy (non-hydrogen) atoms. The first-order valence-electron chi connectivity index (χ1n) is 13.1. The molecule has 2 N–H and O–H groups in total. The van der Waals surface area contributed by atoms with Gasteiger partial charge in [0.2, 0.25) is 0 Å². The van der Waals surface area contributed by atoms with Crippen molar-refractivity contribution in [2.45, 2.75) is 72.0 Å². The van der Waals surface area contributed by atoms with Crippen molar-refractivity contribution < 1.29 is 14.3 Å². The molecule has 0 saturated carbocycles. The lowest BCUT2D eigenvalue weighted by molar-refractivity contribution is 0.0204. The third-order valence-corrected chi connectivity index (χ3v) is 6.83. The minimum atomic E-state index is -0.493. The molecule has 2 aliphatic heterocycles. The van der Waals surface area contributed by atoms with Crippen LogP contribution in [0, 0.1) is 19.3 Å². The van der Waals surface area contributed by atoms with Gasteiger partial charge >= 0.3 is 6.09 Å². The monoisotopic (exact) mass is 508 g/mol. The lowest BCUT2D eigenvalue weighted by Crippen LogP contribution is -2.41. The van der Waals surface area contributed by atoms with Crippen LogP contribution in [0.15, 0.2) is 18.2 Å². The fourth-order valence-corrected chi connectivity index (χ4v) is 5.06. The van der Waals surface area contributed by atoms with Gasteiger partial charge in [0.15, 0.2) is 0 Å². The number of ether oxygens (including phenoxy) is 2. The molecule has 1 atom stereocenters. The minimum absolute atomic E-state index is 0.159. The van der Waals surface area contributed by atoms with Crippen LogP contribution in [-0.2, 0) is 9.47 Å². The Kier molecular flexibility index (Phi) is 8.02. The molecule has 1 aromatic carbocycles. The van der Waals surface area contributed by atoms with Crippen molar-refractivity contribution in [2.75, 3.05) is 43.0 Å². The molecule has 1 unspecified atom stereocenters. The van der Waals surface area contributed by atoms with E-state index in [2.05, 4.69) is 46.2 Å². The number of hydrogen-bond donors (Lipinski definition) is 2. The van der Waals surface area contributed by atoms with Crippen LogP contribution in [0.1, 0.15) is 69.0 Å². The average molecular weight is 509 g/mol. The maximum absolute atomic E-state index is 12.5. The second-order valence-electron chi connectivity index (χ2n) is 11.1. The summed E-state index contributed by atoms with van der Waals surface area (Å²) in [7, 11) is 0. The number of carbonyl (C=O) groups is 1. The molecule has 3 heterocycles. The molecular weight excluding hydrogens is 468 g/mol. The van der Waals surface area contributed by atoms with Gasteiger partial charge in [0.05, 0.1) is 12.7 Å². The number of nitrogens with zero attached hydrogens (tertiary/aromatic N) is 4. The molecule has 2 aliphatic rings. The van der Waals surface area contributed by atoms with Crippen molar-refractivity contribution >= 4 is 29.6 Å². The highest BCUT2D eigenvalue weighted by Crippen LogP contribution is 2.35. The lowest BCUT2D eigenvalue weighted by Gasteiger charge is -2.34. The van der Waals surface area contributed by atoms with Gasteiger partial charge in [-0.15, -0.1) is 0 Å². The van der Waals surface area contributed by atoms with Crippen molar-refractivity contribution in [3.05, 3.63) is 40.7 Å². The Morgan fingerprint density at radius 1 is 1.16 bits per heavy atom. The maximum Gasteiger partial charge on any atom is 0.410 e. The number of carbonyl (C=O) groups excluding carboxylic acids is 1. The summed E-state index contributed by atoms with van der Waals surface area (Å²) in [5, 5.41) is 11.5. The van der Waals surface area contributed by atoms with Gasteiger partial charge in [-0.3, -0.25) is 0 Å². The molecule has 2 aromatic rings. The molecule has 9 nitrogen and oxygen atoms in total. The van der Waals surface area contributed by atoms with Gasteiger partial charge in [-0.2, -0.15) is 0 Å². The minimum Gasteiger partial charge on any atom is -0.444 e. The predicted octanol–water partition coefficient (Wildman–Crippen LogP) is 5.17. The van der Waals surface area contributed by atoms with Crippen LogP contribution in [-0.4, -0.2) is 71.7 Å². The number of piperidine rings is 1. The molecule has 1 aromatic heterocycles. The second kappa shape index (κ2) is 11.0. The average Bonchev–Trinajstić information content (AvgIpc) is 2.83. The zero-order chi connectivity index (χ0) is 26.7. The van der Waals surface area contributed by atoms with Gasteiger partial charge < -0.3 is 30.0 Å². The summed E-state index contributed by atoms with van der Waals surface area (Å²) in [5.41, 5.74) is 3.56. The number of anilines is 3. The lowest BCUT2D eigenvalue weighted by atomic mass is 9.85. The Bertz CT molecular complexity index is 1140. The van der Waals surface area contributed by atoms with E-state index >= 15 is 0 Å². The van der Waals surface area contributed by atoms with Gasteiger partial charge in [-0.1, -0.05) is 0 Å². The SMILES string of the molecule is Cc1nc(Nc2cc(C3CCN(C(=O)OC(C)(C)C)CC3)c(C)cc2C=N)cc(N2CCOC(C)C2)n1. The van der Waals surface area contributed by atoms with E-state index in [1.165, 1.54) is 11.8 Å². The van der Waals surface area contributed by atoms with E-state index in [4.69, 9.17) is 14.9 Å². The summed E-state index contributed by atoms with van der Waals surface area (Å²) in [6, 6.07) is 6.18. The van der Waals surface area contributed by atoms with Gasteiger partial charge in [-0.05, 0) is 83.6 Å². The van der Waals surface area contributed by atoms with Crippen LogP contribution in [0.2, 0.25) is 0 Å². The molecule has 0 aliphatic carbocycles. The Hall–Kier alpha value is -3.20. The number of amides is 1. The molecule has 0 radical (unpaired) electrons. The van der Waals surface area contributed by atoms with Crippen LogP contribution < -0.4 is 10.2 Å². The van der Waals surface area contributed by atoms with Crippen LogP contribution >= 0.6 is 0 Å². The van der Waals surface area contributed by atoms with E-state index in [0.717, 1.165) is 48.6 Å². The van der Waals surface area contributed by atoms with Gasteiger partial charge in [0.1, 0.15) is 23.1 Å². The van der Waals surface area contributed by atoms with Crippen LogP contribution in [0.25, 0.3) is 0 Å². The van der Waals surface area contributed by atoms with Crippen molar-refractivity contribution in [3.8, 4) is 0 Å². The van der Waals surface area contributed by atoms with Gasteiger partial charge in [0.25, 0.3) is 0 Å². The zero-order valence-electron chi connectivity index (χ0n) is 22.9. The van der Waals surface area contributed by atoms with Crippen molar-refractivity contribution in [3.63, 3.8) is 0 Å². The van der Waals surface area contributed by atoms with Crippen molar-refractivity contribution in [1.29, 1.82) is 5.41 Å². The van der Waals surface area contributed by atoms with E-state index in [1.807, 2.05) is 33.8 Å². The number of likely N-dealkylation sites (tertiary alicyclic amines) is 1. The first kappa shape index (κ1) is 26.9. The highest BCUT2D eigenvalue weighted by molar-refractivity contribution is 5.88. The smallest absolute Gasteiger partial charge is 0.410 e. The molecule has 2 fully saturated rings. The summed E-state index contributed by atoms with van der Waals surface area (Å²) in [6.45, 7) is 15.3. The topological polar surface area (TPSA) is 104 Å². The molecule has 200 valence electrons. The maximum atomic E-state index is 12.5. The predicted molar refractivity (Wildman–Crippen MR) is 147 cm³/mol. The van der Waals surface area contributed by atoms with E-state index in [1.54, 1.807) is 4.90 Å². The summed E-state index contributed by atoms with van der Waals surface area (Å²) in [4.78, 5) is 25.8. The van der Waals surface area contributed by atoms with Crippen molar-refractivity contribution in [1.82, 2.24) is 14.9 Å². The normalized spacial score (nSPS) is 19.0. The first-order valence-corrected chi connectivity index (χ1v) is 13.1. The molecular formula is C28H40N6O3. The molecule has 9 heteroatoms. The summed E-state index contributed by atoms with van der Waals surface area (Å²) >= 11 is 0. The Labute approximate surface area is 220 Å². The van der Waals surface area contributed by atoms with E-state index in [9.17, 15) is 4.79 Å². The van der Waals surface area contributed by atoms with Crippen LogP contribution in [0.4, 0.5) is 22.1 Å². The number of hydrogen-bond acceptors (Lipinski definition) is 8. The van der Waals surface area contributed by atoms with E-state index < -0.39 is 5.60 Å². The summed E-state index contributed by atoms with van der Waals surface area (Å²) in [6.07, 6.45) is 3.04. The fourth-order valence-electron chi connectivity index (χ4n) is 5.06. The first-order chi connectivity index (χ1) is 17.5. The highest BCUT2D eigenvalue weighted by Gasteiger charge is 2.28. The Morgan fingerprint density at radius 3 is 2.54 bits per heavy atom. The largest absolute Gasteiger partial charge is 0.444 e. The standard InChI is InChI=1S/C28H40N6O3/c1-18-13-22(16-29)24(14-23(18)21-7-9-33(10-8-21)27(35)37-28(4,5)6)32-25-15-26(31-20(3)30-25)34-11-12-36-19(2)17-34/h13-16,19,21,29H,7-12,17H2,1-6H3,(H,30,31,32). The quantitative estimate of drug-likeness (QED) is 0.537. The molecule has 0 bridgehead atoms. The Morgan fingerprint density at radius 2 is 1.89 bits per heavy atom. The second-order valence-corrected chi connectivity index (χ2v) is 11.1. The zero-order valence-corrected chi connectivity index (χ0v) is 22.9. The number of aromatic nitrogens is 2. The molecule has 1 amide bonds. The van der Waals surface area contributed by atoms with Gasteiger partial charge in [-0.25, -0.2) is 14.8 Å². The third-order valence-electron chi connectivity index (χ3n) is 6.83. The molecule has 0 spiro atoms. The highest BCUT2D eigenvalue weighted by atomic mass is 16.6. The third kappa shape index (κ3) is 6.77. The van der Waals surface area contributed by atoms with Gasteiger partial charge in [0, 0.05) is 49.7 Å². The van der Waals surface area contributed by atoms with E-state index in [-0.39, 0.29) is 12.2 Å². The summed E-state index contributed by atoms with van der Waals surface area (Å²) < 4.78 is 11.2. The Balaban J connectivity index is 1.52. The van der Waals surface area contributed by atoms with Crippen molar-refractivity contribution in [2.24, 2.45) is 0 Å². The van der Waals surface area contributed by atoms with E-state index in [0.29, 0.717) is 37.3 Å². The number of nitrogens with one attached hydrogen (secondary N) is 2. The van der Waals surface area contributed by atoms with Crippen LogP contribution in [0.3, 0.4) is 0 Å². The fraction of sp³-hybridized carbons (Fsp3) is 0.571. The van der Waals surface area contributed by atoms with Crippen LogP contribution in [0.5, 0.6) is 0 Å². The number of benzene rings is 1.